The third-order valence-electron chi connectivity index (χ3n) is 4.14. The van der Waals surface area contributed by atoms with Gasteiger partial charge in [0, 0.05) is 10.8 Å². The Morgan fingerprint density at radius 1 is 0.913 bits per heavy atom. The van der Waals surface area contributed by atoms with E-state index < -0.39 is 0 Å². The van der Waals surface area contributed by atoms with Crippen LogP contribution in [0, 0.1) is 10.4 Å². The van der Waals surface area contributed by atoms with Crippen LogP contribution in [0.25, 0.3) is 11.3 Å². The maximum Gasteiger partial charge on any atom is 0.189 e. The summed E-state index contributed by atoms with van der Waals surface area (Å²) in [4.78, 5) is 22.7. The van der Waals surface area contributed by atoms with Crippen LogP contribution < -0.4 is 10.4 Å². The molecule has 2 aliphatic carbocycles. The van der Waals surface area contributed by atoms with Gasteiger partial charge in [0.2, 0.25) is 0 Å². The Balaban J connectivity index is 2.15. The van der Waals surface area contributed by atoms with E-state index in [2.05, 4.69) is 38.7 Å². The van der Waals surface area contributed by atoms with Crippen LogP contribution in [0.5, 0.6) is 0 Å². The van der Waals surface area contributed by atoms with Crippen LogP contribution in [-0.4, -0.2) is 33.4 Å². The van der Waals surface area contributed by atoms with Crippen molar-refractivity contribution in [3.05, 3.63) is 79.4 Å². The van der Waals surface area contributed by atoms with Crippen molar-refractivity contribution < 1.29 is 14.6 Å². The molecule has 0 N–H and O–H groups in total. The van der Waals surface area contributed by atoms with Crippen molar-refractivity contribution in [1.82, 2.24) is 0 Å². The summed E-state index contributed by atoms with van der Waals surface area (Å²) < 4.78 is 0. The number of allylic oxidation sites excluding steroid dienone is 2. The van der Waals surface area contributed by atoms with Crippen molar-refractivity contribution in [2.75, 3.05) is 7.11 Å². The fraction of sp³-hybridized carbons (Fsp3) is 0.0556. The minimum Gasteiger partial charge on any atom is -0.338 e. The molecule has 6 radical (unpaired) electrons. The van der Waals surface area contributed by atoms with E-state index in [9.17, 15) is 4.79 Å². The predicted octanol–water partition coefficient (Wildman–Crippen LogP) is 0.547. The molecule has 0 amide bonds. The highest BCUT2D eigenvalue weighted by molar-refractivity contribution is 6.49. The van der Waals surface area contributed by atoms with Crippen LogP contribution >= 0.6 is 0 Å². The minimum atomic E-state index is -0.119. The van der Waals surface area contributed by atoms with Gasteiger partial charge in [-0.25, -0.2) is 0 Å². The molecule has 0 saturated carbocycles. The zero-order valence-electron chi connectivity index (χ0n) is 12.3. The molecular formula is C18H10O3Si2. The number of carbonyl (C=O) groups is 1. The molecule has 2 aromatic rings. The van der Waals surface area contributed by atoms with E-state index in [1.165, 1.54) is 7.11 Å². The smallest absolute Gasteiger partial charge is 0.189 e. The lowest BCUT2D eigenvalue weighted by Crippen LogP contribution is -2.28. The van der Waals surface area contributed by atoms with Crippen LogP contribution in [0.15, 0.2) is 47.4 Å². The van der Waals surface area contributed by atoms with E-state index in [1.54, 1.807) is 0 Å². The van der Waals surface area contributed by atoms with Crippen molar-refractivity contribution >= 4 is 37.5 Å². The topological polar surface area (TPSA) is 35.5 Å². The van der Waals surface area contributed by atoms with Gasteiger partial charge in [0.05, 0.1) is 27.6 Å². The molecule has 0 aliphatic heterocycles. The van der Waals surface area contributed by atoms with Gasteiger partial charge in [-0.3, -0.25) is 4.79 Å². The molecular weight excluding hydrogens is 320 g/mol. The minimum absolute atomic E-state index is 0.119. The first-order valence-corrected chi connectivity index (χ1v) is 8.05. The van der Waals surface area contributed by atoms with Gasteiger partial charge in [0.25, 0.3) is 0 Å². The first-order valence-electron chi connectivity index (χ1n) is 7.05. The van der Waals surface area contributed by atoms with Gasteiger partial charge in [-0.05, 0) is 37.7 Å². The number of carbonyl (C=O) groups excluding carboxylic acids is 1. The van der Waals surface area contributed by atoms with Gasteiger partial charge < -0.3 is 4.89 Å². The van der Waals surface area contributed by atoms with Crippen LogP contribution in [-0.2, 0) is 9.78 Å². The molecule has 2 aromatic carbocycles. The SMILES string of the molecule is COOC1=C([Si])C(=O)c2c3c(ccc2=C1[Si])=c1ccccc1=C3. The molecule has 2 aliphatic rings. The summed E-state index contributed by atoms with van der Waals surface area (Å²) in [5.41, 5.74) is 1.61. The Kier molecular flexibility index (Phi) is 3.23. The average Bonchev–Trinajstić information content (AvgIpc) is 2.94. The number of ketones is 1. The molecule has 108 valence electrons. The van der Waals surface area contributed by atoms with Gasteiger partial charge in [0.15, 0.2) is 11.5 Å². The summed E-state index contributed by atoms with van der Waals surface area (Å²) >= 11 is 0. The second-order valence-electron chi connectivity index (χ2n) is 5.34. The predicted molar refractivity (Wildman–Crippen MR) is 87.7 cm³/mol. The van der Waals surface area contributed by atoms with E-state index in [0.29, 0.717) is 21.7 Å². The van der Waals surface area contributed by atoms with Crippen LogP contribution in [0.4, 0.5) is 0 Å². The van der Waals surface area contributed by atoms with Crippen molar-refractivity contribution in [3.63, 3.8) is 0 Å². The number of hydrogen-bond donors (Lipinski definition) is 0. The Labute approximate surface area is 139 Å². The number of benzene rings is 2. The monoisotopic (exact) mass is 330 g/mol. The summed E-state index contributed by atoms with van der Waals surface area (Å²) in [5.74, 6) is 0.223. The first kappa shape index (κ1) is 14.4. The second-order valence-corrected chi connectivity index (χ2v) is 6.34. The van der Waals surface area contributed by atoms with E-state index in [-0.39, 0.29) is 5.78 Å². The highest BCUT2D eigenvalue weighted by Crippen LogP contribution is 2.24. The Hall–Kier alpha value is -2.22. The third-order valence-corrected chi connectivity index (χ3v) is 5.09. The number of hydrogen-bond acceptors (Lipinski definition) is 3. The van der Waals surface area contributed by atoms with Crippen molar-refractivity contribution in [1.29, 1.82) is 0 Å². The van der Waals surface area contributed by atoms with Crippen LogP contribution in [0.2, 0.25) is 0 Å². The lowest BCUT2D eigenvalue weighted by Gasteiger charge is -2.18. The molecule has 0 fully saturated rings. The number of rotatable bonds is 2. The fourth-order valence-electron chi connectivity index (χ4n) is 3.12. The highest BCUT2D eigenvalue weighted by Gasteiger charge is 2.26. The van der Waals surface area contributed by atoms with Crippen molar-refractivity contribution in [2.45, 2.75) is 0 Å². The summed E-state index contributed by atoms with van der Waals surface area (Å²) in [7, 11) is 8.38. The van der Waals surface area contributed by atoms with Crippen molar-refractivity contribution in [2.24, 2.45) is 0 Å². The molecule has 0 heterocycles. The number of fused-ring (bicyclic) bond motifs is 4. The fourth-order valence-corrected chi connectivity index (χ4v) is 3.91. The van der Waals surface area contributed by atoms with Gasteiger partial charge in [0.1, 0.15) is 0 Å². The molecule has 0 unspecified atom stereocenters. The Morgan fingerprint density at radius 2 is 1.65 bits per heavy atom. The molecule has 5 heteroatoms. The third kappa shape index (κ3) is 1.94. The van der Waals surface area contributed by atoms with E-state index in [4.69, 9.17) is 9.78 Å². The summed E-state index contributed by atoms with van der Waals surface area (Å²) in [6.07, 6.45) is 2.06. The quantitative estimate of drug-likeness (QED) is 0.391. The van der Waals surface area contributed by atoms with Crippen LogP contribution in [0.1, 0.15) is 15.9 Å². The van der Waals surface area contributed by atoms with Gasteiger partial charge in [-0.15, -0.1) is 0 Å². The molecule has 0 bridgehead atoms. The Bertz CT molecular complexity index is 1110. The molecule has 0 spiro atoms. The second kappa shape index (κ2) is 5.16. The maximum absolute atomic E-state index is 12.9. The zero-order valence-corrected chi connectivity index (χ0v) is 14.3. The van der Waals surface area contributed by atoms with Gasteiger partial charge in [-0.2, -0.15) is 4.89 Å². The molecule has 4 rings (SSSR count). The van der Waals surface area contributed by atoms with E-state index >= 15 is 0 Å². The lowest BCUT2D eigenvalue weighted by molar-refractivity contribution is -0.231. The lowest BCUT2D eigenvalue weighted by atomic mass is 9.95. The highest BCUT2D eigenvalue weighted by atomic mass is 28.1. The van der Waals surface area contributed by atoms with Crippen molar-refractivity contribution in [3.8, 4) is 0 Å². The Morgan fingerprint density at radius 3 is 2.43 bits per heavy atom. The first-order chi connectivity index (χ1) is 11.1. The molecule has 3 nitrogen and oxygen atoms in total. The van der Waals surface area contributed by atoms with E-state index in [1.807, 2.05) is 24.3 Å². The largest absolute Gasteiger partial charge is 0.338 e. The molecule has 23 heavy (non-hydrogen) atoms. The number of Topliss-reactive ketones (excluding diaryl/α,β-unsaturated/α-hetero) is 1. The average molecular weight is 330 g/mol. The normalized spacial score (nSPS) is 15.1. The summed E-state index contributed by atoms with van der Waals surface area (Å²) in [6, 6.07) is 12.1. The van der Waals surface area contributed by atoms with Gasteiger partial charge in [-0.1, -0.05) is 36.4 Å². The molecule has 0 saturated heterocycles. The summed E-state index contributed by atoms with van der Waals surface area (Å²) in [5, 5.41) is 5.15. The molecule has 0 aromatic heterocycles. The van der Waals surface area contributed by atoms with E-state index in [0.717, 1.165) is 26.4 Å². The molecule has 0 atom stereocenters. The van der Waals surface area contributed by atoms with Crippen LogP contribution in [0.3, 0.4) is 0 Å². The maximum atomic E-state index is 12.9. The zero-order chi connectivity index (χ0) is 16.1. The standard InChI is InChI=1S/C18H10O3Si2/c1-20-21-16-17(22)12-7-6-11-10-5-3-2-4-9(10)8-13(11)14(12)15(19)18(16)23/h2-8H,1H3. The summed E-state index contributed by atoms with van der Waals surface area (Å²) in [6.45, 7) is 0. The van der Waals surface area contributed by atoms with Gasteiger partial charge >= 0.3 is 0 Å².